The number of carbonyl (C=O) groups excluding carboxylic acids is 1. The van der Waals surface area contributed by atoms with Crippen molar-refractivity contribution < 1.29 is 32.9 Å². The van der Waals surface area contributed by atoms with Gasteiger partial charge >= 0.3 is 0 Å². The first-order valence-electron chi connectivity index (χ1n) is 29.2. The molecule has 1 amide bonds. The predicted molar refractivity (Wildman–Crippen MR) is 311 cm³/mol. The molecule has 0 radical (unpaired) electrons. The van der Waals surface area contributed by atoms with Crippen LogP contribution in [0.2, 0.25) is 0 Å². The summed E-state index contributed by atoms with van der Waals surface area (Å²) in [7, 11) is 1.21. The number of phosphoric ester groups is 1. The lowest BCUT2D eigenvalue weighted by Gasteiger charge is -2.29. The third kappa shape index (κ3) is 54.9. The zero-order valence-corrected chi connectivity index (χ0v) is 48.0. The van der Waals surface area contributed by atoms with E-state index in [2.05, 4.69) is 116 Å². The maximum absolute atomic E-state index is 13.0. The number of unbranched alkanes of at least 4 members (excludes halogenated alkanes) is 23. The van der Waals surface area contributed by atoms with Crippen LogP contribution in [0.4, 0.5) is 0 Å². The van der Waals surface area contributed by atoms with Crippen LogP contribution in [0.15, 0.2) is 109 Å². The molecule has 0 aromatic carbocycles. The Balaban J connectivity index is 4.36. The minimum atomic E-state index is -4.62. The van der Waals surface area contributed by atoms with E-state index >= 15 is 0 Å². The lowest BCUT2D eigenvalue weighted by atomic mass is 10.0. The summed E-state index contributed by atoms with van der Waals surface area (Å²) in [5, 5.41) is 13.9. The van der Waals surface area contributed by atoms with E-state index in [1.807, 2.05) is 27.2 Å². The van der Waals surface area contributed by atoms with Gasteiger partial charge in [0.2, 0.25) is 5.91 Å². The molecule has 0 aliphatic carbocycles. The van der Waals surface area contributed by atoms with Gasteiger partial charge < -0.3 is 28.8 Å². The van der Waals surface area contributed by atoms with Crippen molar-refractivity contribution in [3.63, 3.8) is 0 Å². The van der Waals surface area contributed by atoms with E-state index in [0.29, 0.717) is 17.4 Å². The number of phosphoric acid groups is 1. The molecule has 0 heterocycles. The summed E-state index contributed by atoms with van der Waals surface area (Å²) in [6.07, 6.45) is 77.4. The van der Waals surface area contributed by atoms with Crippen LogP contribution in [0.3, 0.4) is 0 Å². The van der Waals surface area contributed by atoms with Crippen molar-refractivity contribution in [3.8, 4) is 0 Å². The molecule has 8 nitrogen and oxygen atoms in total. The maximum Gasteiger partial charge on any atom is 0.268 e. The summed E-state index contributed by atoms with van der Waals surface area (Å²) >= 11 is 0. The molecular weight excluding hydrogens is 912 g/mol. The van der Waals surface area contributed by atoms with Gasteiger partial charge in [0.05, 0.1) is 39.9 Å². The minimum absolute atomic E-state index is 0.0193. The van der Waals surface area contributed by atoms with Crippen molar-refractivity contribution in [2.45, 2.75) is 244 Å². The normalized spacial score (nSPS) is 14.7. The Morgan fingerprint density at radius 3 is 1.29 bits per heavy atom. The standard InChI is InChI=1S/C63H111N2O6P/c1-6-8-10-12-14-16-18-20-22-24-26-28-30-32-34-36-38-40-42-44-46-48-50-52-54-56-62(66)61(60-71-72(68,69)70-59-58-65(3,4)5)64-63(67)57-55-53-51-49-47-45-43-41-39-37-35-33-31-29-27-25-23-21-19-17-15-13-11-9-7-2/h9,11,15,17,21,23,27,29,33,35,39,41,45-48,54,56,61-62,66H,6-8,10,12-14,16,18-20,22,24-26,28,30-32,34,36-38,40,42-44,49-53,55,57-60H2,1-5H3,(H-,64,67,68,69)/b11-9-,17-15-,23-21-,29-27-,35-33-,41-39-,47-45-,48-46+,56-54+. The molecule has 0 rings (SSSR count). The molecular formula is C63H111N2O6P. The van der Waals surface area contributed by atoms with E-state index in [4.69, 9.17) is 9.05 Å². The largest absolute Gasteiger partial charge is 0.756 e. The van der Waals surface area contributed by atoms with Gasteiger partial charge in [-0.15, -0.1) is 0 Å². The highest BCUT2D eigenvalue weighted by atomic mass is 31.2. The van der Waals surface area contributed by atoms with Gasteiger partial charge in [0.15, 0.2) is 0 Å². The number of nitrogens with zero attached hydrogens (tertiary/aromatic N) is 1. The van der Waals surface area contributed by atoms with Crippen molar-refractivity contribution in [2.24, 2.45) is 0 Å². The SMILES string of the molecule is CC/C=C\C/C=C\C/C=C\C/C=C\C/C=C\C/C=C\C/C=C\CCCCCC(=O)NC(COP(=O)([O-])OCC[N+](C)(C)C)C(O)/C=C/CC/C=C/CCCCCCCCCCCCCCCCCCCCC. The van der Waals surface area contributed by atoms with Crippen LogP contribution in [-0.4, -0.2) is 68.5 Å². The Bertz CT molecular complexity index is 1540. The number of aliphatic hydroxyl groups is 1. The number of carbonyl (C=O) groups is 1. The van der Waals surface area contributed by atoms with Gasteiger partial charge in [-0.1, -0.05) is 245 Å². The van der Waals surface area contributed by atoms with Crippen molar-refractivity contribution >= 4 is 13.7 Å². The van der Waals surface area contributed by atoms with E-state index in [-0.39, 0.29) is 18.9 Å². The molecule has 72 heavy (non-hydrogen) atoms. The molecule has 0 aromatic heterocycles. The third-order valence-electron chi connectivity index (χ3n) is 12.5. The van der Waals surface area contributed by atoms with E-state index in [1.54, 1.807) is 6.08 Å². The van der Waals surface area contributed by atoms with E-state index < -0.39 is 26.6 Å². The second kappa shape index (κ2) is 53.0. The number of hydrogen-bond donors (Lipinski definition) is 2. The summed E-state index contributed by atoms with van der Waals surface area (Å²) in [5.74, 6) is -0.242. The van der Waals surface area contributed by atoms with Crippen molar-refractivity contribution in [1.82, 2.24) is 5.32 Å². The van der Waals surface area contributed by atoms with Crippen molar-refractivity contribution in [3.05, 3.63) is 109 Å². The molecule has 0 aliphatic rings. The van der Waals surface area contributed by atoms with E-state index in [9.17, 15) is 19.4 Å². The number of quaternary nitrogens is 1. The molecule has 414 valence electrons. The fourth-order valence-corrected chi connectivity index (χ4v) is 8.64. The van der Waals surface area contributed by atoms with E-state index in [1.165, 1.54) is 122 Å². The highest BCUT2D eigenvalue weighted by molar-refractivity contribution is 7.45. The number of nitrogens with one attached hydrogen (secondary N) is 1. The first-order valence-corrected chi connectivity index (χ1v) is 30.7. The lowest BCUT2D eigenvalue weighted by molar-refractivity contribution is -0.870. The fraction of sp³-hybridized carbons (Fsp3) is 0.698. The number of rotatable bonds is 52. The molecule has 0 fully saturated rings. The van der Waals surface area contributed by atoms with Crippen molar-refractivity contribution in [1.29, 1.82) is 0 Å². The van der Waals surface area contributed by atoms with Gasteiger partial charge in [0, 0.05) is 6.42 Å². The zero-order chi connectivity index (χ0) is 52.7. The monoisotopic (exact) mass is 1020 g/mol. The highest BCUT2D eigenvalue weighted by Crippen LogP contribution is 2.38. The smallest absolute Gasteiger partial charge is 0.268 e. The molecule has 9 heteroatoms. The molecule has 0 aliphatic heterocycles. The Labute approximate surface area is 444 Å². The minimum Gasteiger partial charge on any atom is -0.756 e. The van der Waals surface area contributed by atoms with Gasteiger partial charge in [-0.2, -0.15) is 0 Å². The quantitative estimate of drug-likeness (QED) is 0.0272. The number of hydrogen-bond acceptors (Lipinski definition) is 6. The molecule has 0 aromatic rings. The van der Waals surface area contributed by atoms with Crippen molar-refractivity contribution in [2.75, 3.05) is 40.9 Å². The fourth-order valence-electron chi connectivity index (χ4n) is 7.91. The Kier molecular flexibility index (Phi) is 50.9. The predicted octanol–water partition coefficient (Wildman–Crippen LogP) is 17.3. The third-order valence-corrected chi connectivity index (χ3v) is 13.4. The van der Waals surface area contributed by atoms with Crippen LogP contribution >= 0.6 is 7.82 Å². The maximum atomic E-state index is 13.0. The highest BCUT2D eigenvalue weighted by Gasteiger charge is 2.23. The van der Waals surface area contributed by atoms with Crippen LogP contribution in [0.25, 0.3) is 0 Å². The second-order valence-electron chi connectivity index (χ2n) is 20.6. The molecule has 3 atom stereocenters. The molecule has 0 bridgehead atoms. The first-order chi connectivity index (χ1) is 35.0. The molecule has 3 unspecified atom stereocenters. The lowest BCUT2D eigenvalue weighted by Crippen LogP contribution is -2.45. The Morgan fingerprint density at radius 1 is 0.500 bits per heavy atom. The van der Waals surface area contributed by atoms with Gasteiger partial charge in [-0.25, -0.2) is 0 Å². The molecule has 2 N–H and O–H groups in total. The van der Waals surface area contributed by atoms with Gasteiger partial charge in [0.25, 0.3) is 7.82 Å². The van der Waals surface area contributed by atoms with Crippen LogP contribution < -0.4 is 10.2 Å². The second-order valence-corrected chi connectivity index (χ2v) is 22.0. The summed E-state index contributed by atoms with van der Waals surface area (Å²) < 4.78 is 23.3. The summed E-state index contributed by atoms with van der Waals surface area (Å²) in [6, 6.07) is -0.931. The Morgan fingerprint density at radius 2 is 0.861 bits per heavy atom. The van der Waals surface area contributed by atoms with Gasteiger partial charge in [-0.3, -0.25) is 9.36 Å². The Hall–Kier alpha value is -2.84. The van der Waals surface area contributed by atoms with Crippen LogP contribution in [-0.2, 0) is 18.4 Å². The summed E-state index contributed by atoms with van der Waals surface area (Å²) in [4.78, 5) is 25.5. The molecule has 0 saturated heterocycles. The number of aliphatic hydroxyl groups excluding tert-OH is 1. The average molecular weight is 1020 g/mol. The first kappa shape index (κ1) is 69.2. The van der Waals surface area contributed by atoms with E-state index in [0.717, 1.165) is 83.5 Å². The number of likely N-dealkylation sites (N-methyl/N-ethyl adjacent to an activating group) is 1. The number of allylic oxidation sites excluding steroid dienone is 17. The average Bonchev–Trinajstić information content (AvgIpc) is 3.34. The van der Waals surface area contributed by atoms with Crippen LogP contribution in [0.5, 0.6) is 0 Å². The van der Waals surface area contributed by atoms with Crippen LogP contribution in [0.1, 0.15) is 232 Å². The summed E-state index contributed by atoms with van der Waals surface area (Å²) in [6.45, 7) is 4.49. The van der Waals surface area contributed by atoms with Crippen LogP contribution in [0, 0.1) is 0 Å². The summed E-state index contributed by atoms with van der Waals surface area (Å²) in [5.41, 5.74) is 0. The molecule has 0 saturated carbocycles. The molecule has 0 spiro atoms. The van der Waals surface area contributed by atoms with Gasteiger partial charge in [0.1, 0.15) is 13.2 Å². The topological polar surface area (TPSA) is 108 Å². The zero-order valence-electron chi connectivity index (χ0n) is 47.1. The number of amides is 1. The van der Waals surface area contributed by atoms with Gasteiger partial charge in [-0.05, 0) is 89.9 Å².